The zero-order chi connectivity index (χ0) is 16.5. The van der Waals surface area contributed by atoms with Crippen LogP contribution in [-0.2, 0) is 4.74 Å². The van der Waals surface area contributed by atoms with E-state index in [1.807, 2.05) is 6.92 Å². The molecule has 1 heterocycles. The number of benzene rings is 1. The largest absolute Gasteiger partial charge is 0.372 e. The van der Waals surface area contributed by atoms with Gasteiger partial charge in [0.15, 0.2) is 0 Å². The molecule has 2 rings (SSSR count). The maximum Gasteiger partial charge on any atom is 0.372 e. The molecule has 124 valence electrons. The Morgan fingerprint density at radius 1 is 1.09 bits per heavy atom. The van der Waals surface area contributed by atoms with Gasteiger partial charge in [-0.15, -0.1) is 0 Å². The fraction of sp³-hybridized carbons (Fsp3) is 0.600. The highest BCUT2D eigenvalue weighted by molar-refractivity contribution is 5.27. The summed E-state index contributed by atoms with van der Waals surface area (Å²) in [6.45, 7) is 1.90. The Kier molecular flexibility index (Phi) is 4.79. The predicted molar refractivity (Wildman–Crippen MR) is 74.6 cm³/mol. The van der Waals surface area contributed by atoms with Gasteiger partial charge >= 0.3 is 12.2 Å². The summed E-state index contributed by atoms with van der Waals surface area (Å²) in [7, 11) is 0. The van der Waals surface area contributed by atoms with Gasteiger partial charge in [0.2, 0.25) is 0 Å². The first-order valence-corrected chi connectivity index (χ1v) is 7.19. The van der Waals surface area contributed by atoms with Crippen LogP contribution in [0.2, 0.25) is 0 Å². The molecule has 1 aliphatic heterocycles. The monoisotopic (exact) mass is 320 g/mol. The van der Waals surface area contributed by atoms with Crippen molar-refractivity contribution in [1.82, 2.24) is 4.90 Å². The molecule has 0 amide bonds. The van der Waals surface area contributed by atoms with Gasteiger partial charge in [-0.2, -0.15) is 17.6 Å². The minimum atomic E-state index is -3.86. The molecule has 0 bridgehead atoms. The highest BCUT2D eigenvalue weighted by Gasteiger charge is 2.52. The molecular weight excluding hydrogens is 300 g/mol. The molecule has 2 atom stereocenters. The first-order valence-electron chi connectivity index (χ1n) is 7.19. The van der Waals surface area contributed by atoms with Crippen LogP contribution >= 0.6 is 0 Å². The van der Waals surface area contributed by atoms with Gasteiger partial charge in [0.1, 0.15) is 0 Å². The molecule has 0 saturated carbocycles. The van der Waals surface area contributed by atoms with E-state index in [9.17, 15) is 17.6 Å². The van der Waals surface area contributed by atoms with E-state index in [1.165, 1.54) is 0 Å². The lowest BCUT2D eigenvalue weighted by Gasteiger charge is -2.41. The van der Waals surface area contributed by atoms with E-state index in [4.69, 9.17) is 5.73 Å². The summed E-state index contributed by atoms with van der Waals surface area (Å²) in [4.78, 5) is 1.07. The van der Waals surface area contributed by atoms with E-state index in [1.54, 1.807) is 31.2 Å². The first kappa shape index (κ1) is 17.2. The van der Waals surface area contributed by atoms with Gasteiger partial charge < -0.3 is 5.73 Å². The van der Waals surface area contributed by atoms with Crippen LogP contribution in [0.4, 0.5) is 17.6 Å². The number of nitrogens with zero attached hydrogens (tertiary/aromatic N) is 1. The molecule has 0 aromatic heterocycles. The minimum Gasteiger partial charge on any atom is -0.324 e. The van der Waals surface area contributed by atoms with Gasteiger partial charge in [-0.3, -0.25) is 9.64 Å². The van der Waals surface area contributed by atoms with Crippen molar-refractivity contribution < 1.29 is 22.3 Å². The lowest BCUT2D eigenvalue weighted by atomic mass is 9.99. The fourth-order valence-corrected chi connectivity index (χ4v) is 2.76. The predicted octanol–water partition coefficient (Wildman–Crippen LogP) is 3.68. The van der Waals surface area contributed by atoms with Crippen molar-refractivity contribution in [2.45, 2.75) is 44.6 Å². The molecule has 1 aromatic rings. The Morgan fingerprint density at radius 2 is 1.55 bits per heavy atom. The number of hydrogen-bond acceptors (Lipinski definition) is 3. The van der Waals surface area contributed by atoms with E-state index in [2.05, 4.69) is 4.74 Å². The molecule has 0 spiro atoms. The molecule has 22 heavy (non-hydrogen) atoms. The van der Waals surface area contributed by atoms with Gasteiger partial charge in [-0.05, 0) is 24.5 Å². The molecule has 1 aromatic carbocycles. The molecule has 0 aliphatic carbocycles. The summed E-state index contributed by atoms with van der Waals surface area (Å²) in [6, 6.07) is 6.41. The van der Waals surface area contributed by atoms with E-state index in [0.717, 1.165) is 10.5 Å². The van der Waals surface area contributed by atoms with Crippen LogP contribution in [0.25, 0.3) is 0 Å². The van der Waals surface area contributed by atoms with Crippen molar-refractivity contribution in [3.8, 4) is 0 Å². The first-order chi connectivity index (χ1) is 10.1. The van der Waals surface area contributed by atoms with Gasteiger partial charge in [-0.1, -0.05) is 31.2 Å². The van der Waals surface area contributed by atoms with Crippen LogP contribution in [0.15, 0.2) is 24.3 Å². The Balaban J connectivity index is 2.23. The van der Waals surface area contributed by atoms with Gasteiger partial charge in [0.05, 0.1) is 13.1 Å². The Hall–Kier alpha value is -1.18. The zero-order valence-corrected chi connectivity index (χ0v) is 12.5. The van der Waals surface area contributed by atoms with Gasteiger partial charge in [-0.25, -0.2) is 0 Å². The van der Waals surface area contributed by atoms with Crippen LogP contribution in [0.3, 0.4) is 0 Å². The second-order valence-corrected chi connectivity index (χ2v) is 5.66. The van der Waals surface area contributed by atoms with Gasteiger partial charge in [0.25, 0.3) is 0 Å². The van der Waals surface area contributed by atoms with Crippen molar-refractivity contribution >= 4 is 0 Å². The Morgan fingerprint density at radius 3 is 1.95 bits per heavy atom. The third-order valence-electron chi connectivity index (χ3n) is 3.75. The van der Waals surface area contributed by atoms with E-state index >= 15 is 0 Å². The lowest BCUT2D eigenvalue weighted by Crippen LogP contribution is -2.55. The maximum atomic E-state index is 13.4. The number of rotatable bonds is 4. The molecule has 0 unspecified atom stereocenters. The van der Waals surface area contributed by atoms with E-state index in [0.29, 0.717) is 12.0 Å². The number of halogens is 4. The van der Waals surface area contributed by atoms with Crippen molar-refractivity contribution in [3.05, 3.63) is 35.4 Å². The van der Waals surface area contributed by atoms with Crippen LogP contribution in [0, 0.1) is 0 Å². The summed E-state index contributed by atoms with van der Waals surface area (Å²) in [5.74, 6) is 0. The summed E-state index contributed by atoms with van der Waals surface area (Å²) < 4.78 is 57.0. The van der Waals surface area contributed by atoms with Crippen molar-refractivity contribution in [2.75, 3.05) is 13.1 Å². The highest BCUT2D eigenvalue weighted by Crippen LogP contribution is 2.38. The molecule has 1 aliphatic rings. The number of morpholine rings is 1. The Labute approximate surface area is 127 Å². The number of hydrogen-bond donors (Lipinski definition) is 1. The van der Waals surface area contributed by atoms with Crippen molar-refractivity contribution in [1.29, 1.82) is 0 Å². The molecule has 0 radical (unpaired) electrons. The zero-order valence-electron chi connectivity index (χ0n) is 12.5. The summed E-state index contributed by atoms with van der Waals surface area (Å²) in [5, 5.41) is 0. The highest BCUT2D eigenvalue weighted by atomic mass is 19.3. The van der Waals surface area contributed by atoms with E-state index in [-0.39, 0.29) is 6.04 Å². The van der Waals surface area contributed by atoms with Crippen LogP contribution < -0.4 is 5.73 Å². The molecule has 3 nitrogen and oxygen atoms in total. The topological polar surface area (TPSA) is 38.5 Å². The molecule has 2 N–H and O–H groups in total. The average molecular weight is 320 g/mol. The number of nitrogens with two attached hydrogens (primary N) is 1. The summed E-state index contributed by atoms with van der Waals surface area (Å²) in [5.41, 5.74) is 7.37. The molecule has 1 fully saturated rings. The summed E-state index contributed by atoms with van der Waals surface area (Å²) >= 11 is 0. The molecule has 7 heteroatoms. The number of alkyl halides is 4. The van der Waals surface area contributed by atoms with Crippen LogP contribution in [0.1, 0.15) is 43.5 Å². The molecular formula is C15H20F4N2O. The van der Waals surface area contributed by atoms with Crippen molar-refractivity contribution in [2.24, 2.45) is 5.73 Å². The second-order valence-electron chi connectivity index (χ2n) is 5.66. The Bertz CT molecular complexity index is 489. The van der Waals surface area contributed by atoms with Crippen LogP contribution in [-0.4, -0.2) is 30.2 Å². The van der Waals surface area contributed by atoms with Gasteiger partial charge in [0, 0.05) is 12.1 Å². The lowest BCUT2D eigenvalue weighted by molar-refractivity contribution is -0.407. The van der Waals surface area contributed by atoms with E-state index < -0.39 is 31.3 Å². The smallest absolute Gasteiger partial charge is 0.324 e. The summed E-state index contributed by atoms with van der Waals surface area (Å²) in [6.07, 6.45) is -7.29. The minimum absolute atomic E-state index is 0.147. The second kappa shape index (κ2) is 6.14. The van der Waals surface area contributed by atoms with Crippen molar-refractivity contribution in [3.63, 3.8) is 0 Å². The third-order valence-corrected chi connectivity index (χ3v) is 3.75. The van der Waals surface area contributed by atoms with Crippen LogP contribution in [0.5, 0.6) is 0 Å². The number of ether oxygens (including phenoxy) is 1. The quantitative estimate of drug-likeness (QED) is 0.860. The normalized spacial score (nSPS) is 24.0. The maximum absolute atomic E-state index is 13.4. The SMILES string of the molecule is CC[C@@H](c1ccc([C@H](C)N)cc1)N1CC(F)(F)OC(F)(F)C1. The average Bonchev–Trinajstić information content (AvgIpc) is 2.36. The molecule has 1 saturated heterocycles. The fourth-order valence-electron chi connectivity index (χ4n) is 2.76. The standard InChI is InChI=1S/C15H20F4N2O/c1-3-13(12-6-4-11(5-7-12)10(2)20)21-8-14(16,17)22-15(18,19)9-21/h4-7,10,13H,3,8-9,20H2,1-2H3/t10-,13-/m0/s1. The third kappa shape index (κ3) is 3.97.